The molecular formula is C17H14ClN3O2. The monoisotopic (exact) mass is 327 g/mol. The predicted octanol–water partition coefficient (Wildman–Crippen LogP) is 2.39. The second-order valence-electron chi connectivity index (χ2n) is 5.22. The van der Waals surface area contributed by atoms with Gasteiger partial charge in [-0.2, -0.15) is 0 Å². The van der Waals surface area contributed by atoms with Gasteiger partial charge in [0.05, 0.1) is 17.2 Å². The third-order valence-corrected chi connectivity index (χ3v) is 3.92. The van der Waals surface area contributed by atoms with E-state index in [2.05, 4.69) is 4.98 Å². The first kappa shape index (κ1) is 15.2. The third kappa shape index (κ3) is 3.24. The molecule has 3 rings (SSSR count). The maximum absolute atomic E-state index is 12.5. The number of amides is 1. The van der Waals surface area contributed by atoms with Crippen molar-refractivity contribution < 1.29 is 4.79 Å². The molecule has 0 radical (unpaired) electrons. The van der Waals surface area contributed by atoms with E-state index >= 15 is 0 Å². The number of carbonyl (C=O) groups excluding carboxylic acids is 1. The molecule has 0 aliphatic heterocycles. The molecule has 1 amide bonds. The van der Waals surface area contributed by atoms with Crippen LogP contribution in [0.25, 0.3) is 10.9 Å². The van der Waals surface area contributed by atoms with E-state index in [-0.39, 0.29) is 5.56 Å². The number of hydrogen-bond donors (Lipinski definition) is 1. The zero-order chi connectivity index (χ0) is 16.4. The van der Waals surface area contributed by atoms with Crippen molar-refractivity contribution in [3.05, 3.63) is 75.3 Å². The minimum absolute atomic E-state index is 0.139. The van der Waals surface area contributed by atoms with Gasteiger partial charge in [0.25, 0.3) is 5.56 Å². The van der Waals surface area contributed by atoms with E-state index < -0.39 is 5.91 Å². The largest absolute Gasteiger partial charge is 0.366 e. The fourth-order valence-electron chi connectivity index (χ4n) is 2.37. The number of aryl methyl sites for hydroxylation is 2. The van der Waals surface area contributed by atoms with Crippen LogP contribution in [0.1, 0.15) is 15.9 Å². The summed E-state index contributed by atoms with van der Waals surface area (Å²) in [6.07, 6.45) is 2.19. The Hall–Kier alpha value is -2.66. The van der Waals surface area contributed by atoms with Crippen molar-refractivity contribution in [2.45, 2.75) is 13.0 Å². The molecule has 0 aliphatic rings. The molecule has 0 unspecified atom stereocenters. The van der Waals surface area contributed by atoms with Crippen molar-refractivity contribution in [3.63, 3.8) is 0 Å². The van der Waals surface area contributed by atoms with Crippen LogP contribution < -0.4 is 11.3 Å². The molecule has 0 atom stereocenters. The number of aromatic nitrogens is 2. The maximum atomic E-state index is 12.5. The number of primary amides is 1. The molecule has 0 saturated carbocycles. The topological polar surface area (TPSA) is 78.0 Å². The molecule has 0 fully saturated rings. The minimum Gasteiger partial charge on any atom is -0.366 e. The molecule has 23 heavy (non-hydrogen) atoms. The van der Waals surface area contributed by atoms with Gasteiger partial charge in [0.1, 0.15) is 0 Å². The van der Waals surface area contributed by atoms with Crippen LogP contribution in [-0.4, -0.2) is 15.5 Å². The van der Waals surface area contributed by atoms with Gasteiger partial charge in [-0.3, -0.25) is 14.2 Å². The SMILES string of the molecule is NC(=O)c1ccc2c(=O)n(CCc3ccc(Cl)cc3)cnc2c1. The van der Waals surface area contributed by atoms with Crippen molar-refractivity contribution in [2.24, 2.45) is 5.73 Å². The number of rotatable bonds is 4. The zero-order valence-electron chi connectivity index (χ0n) is 12.2. The van der Waals surface area contributed by atoms with Gasteiger partial charge in [0, 0.05) is 17.1 Å². The molecule has 5 nitrogen and oxygen atoms in total. The molecule has 1 heterocycles. The molecule has 0 spiro atoms. The predicted molar refractivity (Wildman–Crippen MR) is 89.7 cm³/mol. The Morgan fingerprint density at radius 1 is 1.17 bits per heavy atom. The van der Waals surface area contributed by atoms with Gasteiger partial charge in [-0.15, -0.1) is 0 Å². The summed E-state index contributed by atoms with van der Waals surface area (Å²) < 4.78 is 1.56. The van der Waals surface area contributed by atoms with E-state index in [0.717, 1.165) is 5.56 Å². The van der Waals surface area contributed by atoms with Crippen LogP contribution in [0.2, 0.25) is 5.02 Å². The Balaban J connectivity index is 1.88. The number of benzene rings is 2. The van der Waals surface area contributed by atoms with Crippen LogP contribution in [0, 0.1) is 0 Å². The summed E-state index contributed by atoms with van der Waals surface area (Å²) in [7, 11) is 0. The minimum atomic E-state index is -0.541. The summed E-state index contributed by atoms with van der Waals surface area (Å²) in [5.41, 5.74) is 6.99. The molecule has 2 N–H and O–H groups in total. The average molecular weight is 328 g/mol. The van der Waals surface area contributed by atoms with Crippen LogP contribution in [0.3, 0.4) is 0 Å². The molecule has 6 heteroatoms. The van der Waals surface area contributed by atoms with Crippen molar-refractivity contribution >= 4 is 28.4 Å². The van der Waals surface area contributed by atoms with Crippen LogP contribution in [0.15, 0.2) is 53.6 Å². The van der Waals surface area contributed by atoms with Gasteiger partial charge in [0.2, 0.25) is 5.91 Å². The molecule has 1 aromatic heterocycles. The smallest absolute Gasteiger partial charge is 0.261 e. The second-order valence-corrected chi connectivity index (χ2v) is 5.65. The normalized spacial score (nSPS) is 10.8. The van der Waals surface area contributed by atoms with Crippen LogP contribution >= 0.6 is 11.6 Å². The molecule has 0 aliphatic carbocycles. The highest BCUT2D eigenvalue weighted by atomic mass is 35.5. The zero-order valence-corrected chi connectivity index (χ0v) is 13.0. The number of halogens is 1. The van der Waals surface area contributed by atoms with E-state index in [1.54, 1.807) is 10.6 Å². The van der Waals surface area contributed by atoms with Crippen LogP contribution in [-0.2, 0) is 13.0 Å². The first-order valence-corrected chi connectivity index (χ1v) is 7.46. The third-order valence-electron chi connectivity index (χ3n) is 3.66. The van der Waals surface area contributed by atoms with Gasteiger partial charge in [-0.05, 0) is 42.3 Å². The first-order chi connectivity index (χ1) is 11.0. The summed E-state index contributed by atoms with van der Waals surface area (Å²) in [5.74, 6) is -0.541. The Bertz CT molecular complexity index is 933. The number of fused-ring (bicyclic) bond motifs is 1. The lowest BCUT2D eigenvalue weighted by atomic mass is 10.1. The number of carbonyl (C=O) groups is 1. The quantitative estimate of drug-likeness (QED) is 0.799. The fraction of sp³-hybridized carbons (Fsp3) is 0.118. The second kappa shape index (κ2) is 6.22. The summed E-state index contributed by atoms with van der Waals surface area (Å²) in [5, 5.41) is 1.15. The summed E-state index contributed by atoms with van der Waals surface area (Å²) in [6.45, 7) is 0.515. The van der Waals surface area contributed by atoms with E-state index in [0.29, 0.717) is 34.5 Å². The Morgan fingerprint density at radius 3 is 2.61 bits per heavy atom. The Kier molecular flexibility index (Phi) is 4.12. The first-order valence-electron chi connectivity index (χ1n) is 7.08. The van der Waals surface area contributed by atoms with Gasteiger partial charge in [0.15, 0.2) is 0 Å². The number of hydrogen-bond acceptors (Lipinski definition) is 3. The van der Waals surface area contributed by atoms with Gasteiger partial charge < -0.3 is 5.73 Å². The average Bonchev–Trinajstić information content (AvgIpc) is 2.55. The van der Waals surface area contributed by atoms with Gasteiger partial charge in [-0.1, -0.05) is 23.7 Å². The van der Waals surface area contributed by atoms with Crippen molar-refractivity contribution in [3.8, 4) is 0 Å². The van der Waals surface area contributed by atoms with Crippen LogP contribution in [0.4, 0.5) is 0 Å². The molecule has 0 saturated heterocycles. The van der Waals surface area contributed by atoms with Crippen LogP contribution in [0.5, 0.6) is 0 Å². The number of nitrogens with zero attached hydrogens (tertiary/aromatic N) is 2. The molecule has 116 valence electrons. The van der Waals surface area contributed by atoms with Gasteiger partial charge in [-0.25, -0.2) is 4.98 Å². The molecular weight excluding hydrogens is 314 g/mol. The van der Waals surface area contributed by atoms with Gasteiger partial charge >= 0.3 is 0 Å². The lowest BCUT2D eigenvalue weighted by molar-refractivity contribution is 0.100. The summed E-state index contributed by atoms with van der Waals surface area (Å²) in [4.78, 5) is 27.9. The van der Waals surface area contributed by atoms with Crippen molar-refractivity contribution in [1.82, 2.24) is 9.55 Å². The highest BCUT2D eigenvalue weighted by molar-refractivity contribution is 6.30. The lowest BCUT2D eigenvalue weighted by Gasteiger charge is -2.07. The van der Waals surface area contributed by atoms with E-state index in [1.807, 2.05) is 24.3 Å². The molecule has 0 bridgehead atoms. The van der Waals surface area contributed by atoms with E-state index in [4.69, 9.17) is 17.3 Å². The Labute approximate surface area is 137 Å². The van der Waals surface area contributed by atoms with Crippen molar-refractivity contribution in [1.29, 1.82) is 0 Å². The molecule has 2 aromatic carbocycles. The highest BCUT2D eigenvalue weighted by Gasteiger charge is 2.07. The summed E-state index contributed by atoms with van der Waals surface area (Å²) >= 11 is 5.86. The summed E-state index contributed by atoms with van der Waals surface area (Å²) in [6, 6.07) is 12.2. The molecule has 3 aromatic rings. The standard InChI is InChI=1S/C17H14ClN3O2/c18-13-4-1-11(2-5-13)7-8-21-10-20-15-9-12(16(19)22)3-6-14(15)17(21)23/h1-6,9-10H,7-8H2,(H2,19,22). The fourth-order valence-corrected chi connectivity index (χ4v) is 2.50. The maximum Gasteiger partial charge on any atom is 0.261 e. The van der Waals surface area contributed by atoms with E-state index in [1.165, 1.54) is 18.5 Å². The lowest BCUT2D eigenvalue weighted by Crippen LogP contribution is -2.22. The number of nitrogens with two attached hydrogens (primary N) is 1. The highest BCUT2D eigenvalue weighted by Crippen LogP contribution is 2.12. The van der Waals surface area contributed by atoms with E-state index in [9.17, 15) is 9.59 Å². The Morgan fingerprint density at radius 2 is 1.91 bits per heavy atom. The van der Waals surface area contributed by atoms with Crippen molar-refractivity contribution in [2.75, 3.05) is 0 Å².